The van der Waals surface area contributed by atoms with E-state index >= 15 is 0 Å². The van der Waals surface area contributed by atoms with Crippen LogP contribution in [0.15, 0.2) is 30.3 Å². The van der Waals surface area contributed by atoms with Gasteiger partial charge in [0, 0.05) is 7.11 Å². The molecule has 0 radical (unpaired) electrons. The number of methoxy groups -OCH3 is 1. The van der Waals surface area contributed by atoms with E-state index in [0.29, 0.717) is 5.56 Å². The molecule has 1 aromatic rings. The van der Waals surface area contributed by atoms with Gasteiger partial charge >= 0.3 is 0 Å². The molecule has 0 aliphatic rings. The highest BCUT2D eigenvalue weighted by molar-refractivity contribution is 7.91. The molecule has 0 bridgehead atoms. The fraction of sp³-hybridized carbons (Fsp3) is 0.364. The summed E-state index contributed by atoms with van der Waals surface area (Å²) in [6.07, 6.45) is 0. The molecular formula is C11H14O4S. The third kappa shape index (κ3) is 4.55. The maximum atomic E-state index is 11.6. The number of Topliss-reactive ketones (excluding diaryl/α,β-unsaturated/α-hetero) is 1. The number of ether oxygens (including phenoxy) is 1. The van der Waals surface area contributed by atoms with Gasteiger partial charge in [-0.3, -0.25) is 4.79 Å². The molecule has 0 saturated carbocycles. The van der Waals surface area contributed by atoms with Crippen LogP contribution in [0.3, 0.4) is 0 Å². The second-order valence-electron chi connectivity index (χ2n) is 3.49. The summed E-state index contributed by atoms with van der Waals surface area (Å²) in [7, 11) is -2.02. The van der Waals surface area contributed by atoms with Gasteiger partial charge in [0.15, 0.2) is 15.6 Å². The van der Waals surface area contributed by atoms with Gasteiger partial charge in [0.1, 0.15) is 12.4 Å². The number of sulfone groups is 1. The summed E-state index contributed by atoms with van der Waals surface area (Å²) in [4.78, 5) is 11.1. The minimum absolute atomic E-state index is 0.108. The minimum atomic E-state index is -3.39. The Morgan fingerprint density at radius 2 is 1.88 bits per heavy atom. The quantitative estimate of drug-likeness (QED) is 0.741. The van der Waals surface area contributed by atoms with Crippen molar-refractivity contribution in [3.05, 3.63) is 35.9 Å². The summed E-state index contributed by atoms with van der Waals surface area (Å²) in [5.74, 6) is -0.989. The SMILES string of the molecule is COCC(=O)CS(=O)(=O)Cc1ccccc1. The van der Waals surface area contributed by atoms with Gasteiger partial charge in [-0.05, 0) is 5.56 Å². The van der Waals surface area contributed by atoms with Crippen LogP contribution in [0.5, 0.6) is 0 Å². The number of carbonyl (C=O) groups excluding carboxylic acids is 1. The van der Waals surface area contributed by atoms with Gasteiger partial charge in [0.05, 0.1) is 5.75 Å². The number of rotatable bonds is 6. The van der Waals surface area contributed by atoms with Gasteiger partial charge < -0.3 is 4.74 Å². The normalized spacial score (nSPS) is 11.3. The van der Waals surface area contributed by atoms with Crippen LogP contribution in [0.1, 0.15) is 5.56 Å². The number of hydrogen-bond donors (Lipinski definition) is 0. The molecule has 0 aliphatic heterocycles. The topological polar surface area (TPSA) is 60.4 Å². The lowest BCUT2D eigenvalue weighted by molar-refractivity contribution is -0.120. The lowest BCUT2D eigenvalue weighted by Crippen LogP contribution is -2.21. The van der Waals surface area contributed by atoms with E-state index in [0.717, 1.165) is 0 Å². The van der Waals surface area contributed by atoms with E-state index in [1.165, 1.54) is 7.11 Å². The van der Waals surface area contributed by atoms with Crippen molar-refractivity contribution in [3.8, 4) is 0 Å². The van der Waals surface area contributed by atoms with E-state index < -0.39 is 21.4 Å². The molecule has 4 nitrogen and oxygen atoms in total. The molecule has 0 aliphatic carbocycles. The average Bonchev–Trinajstić information content (AvgIpc) is 2.17. The molecule has 16 heavy (non-hydrogen) atoms. The Bertz CT molecular complexity index is 436. The lowest BCUT2D eigenvalue weighted by Gasteiger charge is -2.03. The zero-order valence-corrected chi connectivity index (χ0v) is 9.87. The number of hydrogen-bond acceptors (Lipinski definition) is 4. The Kier molecular flexibility index (Phi) is 4.64. The zero-order chi connectivity index (χ0) is 12.0. The van der Waals surface area contributed by atoms with Crippen LogP contribution < -0.4 is 0 Å². The van der Waals surface area contributed by atoms with Crippen molar-refractivity contribution in [2.45, 2.75) is 5.75 Å². The highest BCUT2D eigenvalue weighted by Crippen LogP contribution is 2.06. The molecule has 5 heteroatoms. The predicted molar refractivity (Wildman–Crippen MR) is 60.8 cm³/mol. The van der Waals surface area contributed by atoms with Crippen LogP contribution >= 0.6 is 0 Å². The van der Waals surface area contributed by atoms with E-state index in [-0.39, 0.29) is 12.4 Å². The van der Waals surface area contributed by atoms with Gasteiger partial charge in [0.25, 0.3) is 0 Å². The Morgan fingerprint density at radius 3 is 2.44 bits per heavy atom. The molecule has 0 N–H and O–H groups in total. The first-order valence-electron chi connectivity index (χ1n) is 4.78. The molecule has 1 aromatic carbocycles. The molecule has 0 aromatic heterocycles. The lowest BCUT2D eigenvalue weighted by atomic mass is 10.2. The van der Waals surface area contributed by atoms with Crippen LogP contribution in [0.25, 0.3) is 0 Å². The van der Waals surface area contributed by atoms with E-state index in [9.17, 15) is 13.2 Å². The third-order valence-electron chi connectivity index (χ3n) is 1.92. The Labute approximate surface area is 95.2 Å². The number of benzene rings is 1. The van der Waals surface area contributed by atoms with Crippen molar-refractivity contribution in [2.24, 2.45) is 0 Å². The van der Waals surface area contributed by atoms with Crippen molar-refractivity contribution in [1.29, 1.82) is 0 Å². The van der Waals surface area contributed by atoms with Gasteiger partial charge in [-0.2, -0.15) is 0 Å². The molecule has 0 atom stereocenters. The summed E-state index contributed by atoms with van der Waals surface area (Å²) < 4.78 is 27.8. The van der Waals surface area contributed by atoms with Crippen LogP contribution in [-0.4, -0.2) is 33.7 Å². The van der Waals surface area contributed by atoms with Crippen molar-refractivity contribution in [3.63, 3.8) is 0 Å². The third-order valence-corrected chi connectivity index (χ3v) is 3.45. The smallest absolute Gasteiger partial charge is 0.173 e. The maximum absolute atomic E-state index is 11.6. The average molecular weight is 242 g/mol. The summed E-state index contributed by atoms with van der Waals surface area (Å²) in [6.45, 7) is -0.159. The molecule has 0 fully saturated rings. The molecule has 1 rings (SSSR count). The molecule has 0 heterocycles. The monoisotopic (exact) mass is 242 g/mol. The second kappa shape index (κ2) is 5.77. The van der Waals surface area contributed by atoms with Crippen LogP contribution in [0.4, 0.5) is 0 Å². The summed E-state index contributed by atoms with van der Waals surface area (Å²) in [5.41, 5.74) is 0.688. The molecule has 88 valence electrons. The second-order valence-corrected chi connectivity index (χ2v) is 5.55. The van der Waals surface area contributed by atoms with Crippen LogP contribution in [-0.2, 0) is 25.1 Å². The first-order chi connectivity index (χ1) is 7.53. The summed E-state index contributed by atoms with van der Waals surface area (Å²) in [6, 6.07) is 8.78. The van der Waals surface area contributed by atoms with Crippen LogP contribution in [0, 0.1) is 0 Å². The van der Waals surface area contributed by atoms with Crippen molar-refractivity contribution < 1.29 is 17.9 Å². The van der Waals surface area contributed by atoms with Crippen molar-refractivity contribution in [2.75, 3.05) is 19.5 Å². The molecular weight excluding hydrogens is 228 g/mol. The first kappa shape index (κ1) is 12.9. The predicted octanol–water partition coefficient (Wildman–Crippen LogP) is 0.817. The Hall–Kier alpha value is -1.20. The van der Waals surface area contributed by atoms with E-state index in [1.54, 1.807) is 24.3 Å². The van der Waals surface area contributed by atoms with Gasteiger partial charge in [-0.25, -0.2) is 8.42 Å². The summed E-state index contributed by atoms with van der Waals surface area (Å²) in [5, 5.41) is 0. The maximum Gasteiger partial charge on any atom is 0.173 e. The van der Waals surface area contributed by atoms with Crippen molar-refractivity contribution >= 4 is 15.6 Å². The Balaban J connectivity index is 2.63. The Morgan fingerprint density at radius 1 is 1.25 bits per heavy atom. The summed E-state index contributed by atoms with van der Waals surface area (Å²) >= 11 is 0. The molecule has 0 spiro atoms. The molecule has 0 saturated heterocycles. The molecule has 0 unspecified atom stereocenters. The van der Waals surface area contributed by atoms with Gasteiger partial charge in [0.2, 0.25) is 0 Å². The molecule has 0 amide bonds. The number of carbonyl (C=O) groups is 1. The van der Waals surface area contributed by atoms with E-state index in [4.69, 9.17) is 0 Å². The minimum Gasteiger partial charge on any atom is -0.377 e. The largest absolute Gasteiger partial charge is 0.377 e. The number of ketones is 1. The fourth-order valence-corrected chi connectivity index (χ4v) is 2.70. The highest BCUT2D eigenvalue weighted by Gasteiger charge is 2.16. The fourth-order valence-electron chi connectivity index (χ4n) is 1.33. The highest BCUT2D eigenvalue weighted by atomic mass is 32.2. The first-order valence-corrected chi connectivity index (χ1v) is 6.60. The zero-order valence-electron chi connectivity index (χ0n) is 9.05. The van der Waals surface area contributed by atoms with Gasteiger partial charge in [-0.1, -0.05) is 30.3 Å². The van der Waals surface area contributed by atoms with E-state index in [1.807, 2.05) is 6.07 Å². The van der Waals surface area contributed by atoms with Crippen molar-refractivity contribution in [1.82, 2.24) is 0 Å². The standard InChI is InChI=1S/C11H14O4S/c1-15-7-11(12)9-16(13,14)8-10-5-3-2-4-6-10/h2-6H,7-9H2,1H3. The van der Waals surface area contributed by atoms with E-state index in [2.05, 4.69) is 4.74 Å². The van der Waals surface area contributed by atoms with Gasteiger partial charge in [-0.15, -0.1) is 0 Å². The van der Waals surface area contributed by atoms with Crippen LogP contribution in [0.2, 0.25) is 0 Å².